The van der Waals surface area contributed by atoms with Gasteiger partial charge >= 0.3 is 0 Å². The largest absolute Gasteiger partial charge is 0.324 e. The number of aromatic nitrogens is 2. The number of hydrogen-bond acceptors (Lipinski definition) is 3. The molecule has 0 spiro atoms. The van der Waals surface area contributed by atoms with E-state index in [4.69, 9.17) is 23.2 Å². The van der Waals surface area contributed by atoms with Crippen LogP contribution in [-0.2, 0) is 10.3 Å². The number of carbonyl (C=O) groups is 1. The Kier molecular flexibility index (Phi) is 4.38. The number of carbonyl (C=O) groups excluding carboxylic acids is 1. The van der Waals surface area contributed by atoms with Gasteiger partial charge in [0.1, 0.15) is 5.54 Å². The van der Waals surface area contributed by atoms with Crippen molar-refractivity contribution >= 4 is 34.8 Å². The predicted octanol–water partition coefficient (Wildman–Crippen LogP) is 2.91. The average molecular weight is 339 g/mol. The summed E-state index contributed by atoms with van der Waals surface area (Å²) >= 11 is 11.9. The molecular weight excluding hydrogens is 323 g/mol. The number of anilines is 1. The highest BCUT2D eigenvalue weighted by Gasteiger charge is 2.42. The Morgan fingerprint density at radius 3 is 2.68 bits per heavy atom. The number of nitrogens with zero attached hydrogens (tertiary/aromatic N) is 2. The second-order valence-electron chi connectivity index (χ2n) is 5.32. The number of rotatable bonds is 3. The second kappa shape index (κ2) is 6.28. The molecule has 0 atom stereocenters. The van der Waals surface area contributed by atoms with Crippen LogP contribution in [0.1, 0.15) is 12.8 Å². The summed E-state index contributed by atoms with van der Waals surface area (Å²) in [6.45, 7) is 1.54. The van der Waals surface area contributed by atoms with Crippen molar-refractivity contribution < 1.29 is 4.79 Å². The quantitative estimate of drug-likeness (QED) is 0.904. The van der Waals surface area contributed by atoms with Crippen molar-refractivity contribution in [1.82, 2.24) is 15.1 Å². The van der Waals surface area contributed by atoms with Crippen molar-refractivity contribution in [2.75, 3.05) is 18.4 Å². The Morgan fingerprint density at radius 2 is 2.05 bits per heavy atom. The fourth-order valence-corrected chi connectivity index (χ4v) is 3.04. The van der Waals surface area contributed by atoms with Gasteiger partial charge in [0.15, 0.2) is 0 Å². The Labute approximate surface area is 138 Å². The highest BCUT2D eigenvalue weighted by molar-refractivity contribution is 6.42. The lowest BCUT2D eigenvalue weighted by atomic mass is 9.87. The van der Waals surface area contributed by atoms with Crippen LogP contribution in [-0.4, -0.2) is 28.8 Å². The summed E-state index contributed by atoms with van der Waals surface area (Å²) in [5.74, 6) is -0.0870. The van der Waals surface area contributed by atoms with E-state index in [9.17, 15) is 4.79 Å². The monoisotopic (exact) mass is 338 g/mol. The highest BCUT2D eigenvalue weighted by Crippen LogP contribution is 2.30. The van der Waals surface area contributed by atoms with Crippen molar-refractivity contribution in [2.45, 2.75) is 18.4 Å². The first-order chi connectivity index (χ1) is 10.6. The van der Waals surface area contributed by atoms with Gasteiger partial charge in [-0.25, -0.2) is 0 Å². The molecule has 1 fully saturated rings. The summed E-state index contributed by atoms with van der Waals surface area (Å²) in [4.78, 5) is 12.9. The summed E-state index contributed by atoms with van der Waals surface area (Å²) in [6, 6.07) is 6.89. The zero-order valence-electron chi connectivity index (χ0n) is 11.9. The van der Waals surface area contributed by atoms with E-state index in [1.54, 1.807) is 29.1 Å². The SMILES string of the molecule is O=C(Nc1ccc(Cl)c(Cl)c1)C1(n2cccn2)CCNCC1. The van der Waals surface area contributed by atoms with Gasteiger partial charge in [-0.3, -0.25) is 9.48 Å². The maximum absolute atomic E-state index is 12.9. The number of nitrogens with one attached hydrogen (secondary N) is 2. The topological polar surface area (TPSA) is 59.0 Å². The third-order valence-corrected chi connectivity index (χ3v) is 4.71. The molecule has 2 aromatic rings. The first kappa shape index (κ1) is 15.3. The van der Waals surface area contributed by atoms with Crippen LogP contribution in [0.2, 0.25) is 10.0 Å². The lowest BCUT2D eigenvalue weighted by molar-refractivity contribution is -0.126. The van der Waals surface area contributed by atoms with Crippen LogP contribution < -0.4 is 10.6 Å². The molecule has 0 aliphatic carbocycles. The maximum atomic E-state index is 12.9. The first-order valence-electron chi connectivity index (χ1n) is 7.09. The van der Waals surface area contributed by atoms with Crippen molar-refractivity contribution in [1.29, 1.82) is 0 Å². The molecule has 1 aliphatic rings. The zero-order valence-corrected chi connectivity index (χ0v) is 13.4. The third kappa shape index (κ3) is 2.84. The van der Waals surface area contributed by atoms with Crippen LogP contribution in [0.25, 0.3) is 0 Å². The highest BCUT2D eigenvalue weighted by atomic mass is 35.5. The van der Waals surface area contributed by atoms with Crippen molar-refractivity contribution in [3.8, 4) is 0 Å². The number of piperidine rings is 1. The van der Waals surface area contributed by atoms with Gasteiger partial charge in [0, 0.05) is 18.1 Å². The molecule has 2 N–H and O–H groups in total. The van der Waals surface area contributed by atoms with Gasteiger partial charge in [-0.15, -0.1) is 0 Å². The van der Waals surface area contributed by atoms with E-state index in [2.05, 4.69) is 15.7 Å². The van der Waals surface area contributed by atoms with Gasteiger partial charge in [0.25, 0.3) is 5.91 Å². The normalized spacial score (nSPS) is 17.2. The van der Waals surface area contributed by atoms with Crippen LogP contribution >= 0.6 is 23.2 Å². The number of halogens is 2. The van der Waals surface area contributed by atoms with Crippen LogP contribution in [0.15, 0.2) is 36.7 Å². The average Bonchev–Trinajstić information content (AvgIpc) is 3.06. The Bertz CT molecular complexity index is 666. The molecule has 2 heterocycles. The van der Waals surface area contributed by atoms with E-state index >= 15 is 0 Å². The van der Waals surface area contributed by atoms with E-state index in [1.165, 1.54) is 0 Å². The fraction of sp³-hybridized carbons (Fsp3) is 0.333. The lowest BCUT2D eigenvalue weighted by Gasteiger charge is -2.36. The van der Waals surface area contributed by atoms with Gasteiger partial charge in [0.2, 0.25) is 0 Å². The van der Waals surface area contributed by atoms with Crippen molar-refractivity contribution in [3.63, 3.8) is 0 Å². The van der Waals surface area contributed by atoms with E-state index in [0.717, 1.165) is 13.1 Å². The smallest absolute Gasteiger partial charge is 0.252 e. The van der Waals surface area contributed by atoms with Crippen molar-refractivity contribution in [2.24, 2.45) is 0 Å². The molecule has 0 unspecified atom stereocenters. The minimum atomic E-state index is -0.680. The predicted molar refractivity (Wildman–Crippen MR) is 87.4 cm³/mol. The minimum absolute atomic E-state index is 0.0870. The molecule has 22 heavy (non-hydrogen) atoms. The molecule has 1 saturated heterocycles. The van der Waals surface area contributed by atoms with Gasteiger partial charge in [-0.1, -0.05) is 23.2 Å². The minimum Gasteiger partial charge on any atom is -0.324 e. The molecule has 116 valence electrons. The van der Waals surface area contributed by atoms with E-state index in [0.29, 0.717) is 28.6 Å². The van der Waals surface area contributed by atoms with Crippen LogP contribution in [0.4, 0.5) is 5.69 Å². The number of hydrogen-bond donors (Lipinski definition) is 2. The molecule has 0 saturated carbocycles. The molecule has 1 aromatic heterocycles. The maximum Gasteiger partial charge on any atom is 0.252 e. The molecular formula is C15H16Cl2N4O. The second-order valence-corrected chi connectivity index (χ2v) is 6.13. The molecule has 1 aliphatic heterocycles. The molecule has 5 nitrogen and oxygen atoms in total. The van der Waals surface area contributed by atoms with Crippen LogP contribution in [0.3, 0.4) is 0 Å². The molecule has 1 aromatic carbocycles. The Balaban J connectivity index is 1.88. The van der Waals surface area contributed by atoms with E-state index < -0.39 is 5.54 Å². The van der Waals surface area contributed by atoms with Crippen LogP contribution in [0.5, 0.6) is 0 Å². The van der Waals surface area contributed by atoms with Crippen LogP contribution in [0, 0.1) is 0 Å². The Morgan fingerprint density at radius 1 is 1.27 bits per heavy atom. The molecule has 1 amide bonds. The summed E-state index contributed by atoms with van der Waals surface area (Å²) < 4.78 is 1.75. The summed E-state index contributed by atoms with van der Waals surface area (Å²) in [6.07, 6.45) is 4.89. The third-order valence-electron chi connectivity index (χ3n) is 3.97. The van der Waals surface area contributed by atoms with Gasteiger partial charge in [0.05, 0.1) is 10.0 Å². The molecule has 3 rings (SSSR count). The lowest BCUT2D eigenvalue weighted by Crippen LogP contribution is -2.52. The first-order valence-corrected chi connectivity index (χ1v) is 7.85. The summed E-state index contributed by atoms with van der Waals surface area (Å²) in [5.41, 5.74) is -0.0506. The molecule has 0 radical (unpaired) electrons. The fourth-order valence-electron chi connectivity index (χ4n) is 2.74. The van der Waals surface area contributed by atoms with E-state index in [1.807, 2.05) is 12.3 Å². The Hall–Kier alpha value is -1.56. The van der Waals surface area contributed by atoms with E-state index in [-0.39, 0.29) is 5.91 Å². The summed E-state index contributed by atoms with van der Waals surface area (Å²) in [7, 11) is 0. The number of amides is 1. The van der Waals surface area contributed by atoms with Gasteiger partial charge in [-0.05, 0) is 50.2 Å². The molecule has 0 bridgehead atoms. The zero-order chi connectivity index (χ0) is 15.6. The van der Waals surface area contributed by atoms with Crippen molar-refractivity contribution in [3.05, 3.63) is 46.7 Å². The standard InChI is InChI=1S/C15H16Cl2N4O/c16-12-3-2-11(10-13(12)17)20-14(22)15(4-7-18-8-5-15)21-9-1-6-19-21/h1-3,6,9-10,18H,4-5,7-8H2,(H,20,22). The molecule has 7 heteroatoms. The van der Waals surface area contributed by atoms with Gasteiger partial charge in [-0.2, -0.15) is 5.10 Å². The summed E-state index contributed by atoms with van der Waals surface area (Å²) in [5, 5.41) is 11.4. The number of benzene rings is 1. The van der Waals surface area contributed by atoms with Gasteiger partial charge < -0.3 is 10.6 Å².